The zero-order valence-electron chi connectivity index (χ0n) is 15.0. The van der Waals surface area contributed by atoms with Crippen LogP contribution in [0.15, 0.2) is 38.3 Å². The predicted octanol–water partition coefficient (Wildman–Crippen LogP) is 2.66. The summed E-state index contributed by atoms with van der Waals surface area (Å²) in [6.07, 6.45) is 1.45. The molecule has 2 heterocycles. The Balaban J connectivity index is 1.66. The second kappa shape index (κ2) is 8.92. The van der Waals surface area contributed by atoms with E-state index in [4.69, 9.17) is 18.6 Å². The lowest BCUT2D eigenvalue weighted by Crippen LogP contribution is -2.36. The molecule has 1 N–H and O–H groups in total. The highest BCUT2D eigenvalue weighted by atomic mass is 79.9. The van der Waals surface area contributed by atoms with Gasteiger partial charge >= 0.3 is 0 Å². The molecule has 1 aliphatic rings. The number of carbonyl (C=O) groups is 1. The number of amides is 1. The average Bonchev–Trinajstić information content (AvgIpc) is 3.08. The lowest BCUT2D eigenvalue weighted by atomic mass is 10.2. The van der Waals surface area contributed by atoms with Crippen molar-refractivity contribution in [1.82, 2.24) is 5.43 Å². The van der Waals surface area contributed by atoms with Crippen molar-refractivity contribution in [2.45, 2.75) is 0 Å². The first kappa shape index (κ1) is 19.2. The Bertz CT molecular complexity index is 808. The molecule has 3 rings (SSSR count). The van der Waals surface area contributed by atoms with Gasteiger partial charge in [-0.25, -0.2) is 5.43 Å². The number of hydrazone groups is 1. The third-order valence-corrected chi connectivity index (χ3v) is 4.53. The van der Waals surface area contributed by atoms with Crippen LogP contribution in [0, 0.1) is 0 Å². The highest BCUT2D eigenvalue weighted by molar-refractivity contribution is 9.10. The van der Waals surface area contributed by atoms with Crippen molar-refractivity contribution >= 4 is 33.9 Å². The molecular formula is C18H20BrN3O5. The SMILES string of the molecule is COc1cc(OC)cc(C(=O)N/N=C\c2cc(Br)c(N3CCOCC3)o2)c1. The van der Waals surface area contributed by atoms with Crippen LogP contribution >= 0.6 is 15.9 Å². The fourth-order valence-electron chi connectivity index (χ4n) is 2.58. The first-order valence-corrected chi connectivity index (χ1v) is 9.08. The van der Waals surface area contributed by atoms with Gasteiger partial charge in [0.1, 0.15) is 11.5 Å². The maximum Gasteiger partial charge on any atom is 0.271 e. The second-order valence-corrected chi connectivity index (χ2v) is 6.56. The van der Waals surface area contributed by atoms with Crippen LogP contribution in [0.1, 0.15) is 16.1 Å². The average molecular weight is 438 g/mol. The number of carbonyl (C=O) groups excluding carboxylic acids is 1. The topological polar surface area (TPSA) is 85.5 Å². The van der Waals surface area contributed by atoms with Crippen LogP contribution in [0.5, 0.6) is 11.5 Å². The molecule has 0 saturated carbocycles. The minimum Gasteiger partial charge on any atom is -0.497 e. The van der Waals surface area contributed by atoms with Crippen LogP contribution in [0.2, 0.25) is 0 Å². The van der Waals surface area contributed by atoms with Gasteiger partial charge in [0.2, 0.25) is 5.88 Å². The van der Waals surface area contributed by atoms with Crippen molar-refractivity contribution in [1.29, 1.82) is 0 Å². The van der Waals surface area contributed by atoms with Gasteiger partial charge in [-0.05, 0) is 28.1 Å². The first-order chi connectivity index (χ1) is 13.1. The molecule has 144 valence electrons. The van der Waals surface area contributed by atoms with Gasteiger partial charge in [-0.3, -0.25) is 4.79 Å². The number of halogens is 1. The minimum atomic E-state index is -0.387. The molecule has 1 aromatic heterocycles. The molecule has 0 unspecified atom stereocenters. The van der Waals surface area contributed by atoms with E-state index in [0.29, 0.717) is 36.0 Å². The molecule has 1 amide bonds. The largest absolute Gasteiger partial charge is 0.497 e. The third kappa shape index (κ3) is 4.81. The van der Waals surface area contributed by atoms with Crippen LogP contribution in [0.25, 0.3) is 0 Å². The summed E-state index contributed by atoms with van der Waals surface area (Å²) < 4.78 is 22.3. The summed E-state index contributed by atoms with van der Waals surface area (Å²) in [5.41, 5.74) is 2.84. The number of furan rings is 1. The summed E-state index contributed by atoms with van der Waals surface area (Å²) in [4.78, 5) is 14.4. The van der Waals surface area contributed by atoms with E-state index in [9.17, 15) is 4.79 Å². The standard InChI is InChI=1S/C18H20BrN3O5/c1-24-13-7-12(8-14(9-13)25-2)17(23)21-20-11-15-10-16(19)18(27-15)22-3-5-26-6-4-22/h7-11H,3-6H2,1-2H3,(H,21,23)/b20-11-. The number of methoxy groups -OCH3 is 2. The van der Waals surface area contributed by atoms with Crippen molar-refractivity contribution < 1.29 is 23.4 Å². The molecule has 2 aromatic rings. The molecule has 1 aromatic carbocycles. The Kier molecular flexibility index (Phi) is 6.36. The van der Waals surface area contributed by atoms with Gasteiger partial charge in [0, 0.05) is 30.8 Å². The number of hydrogen-bond donors (Lipinski definition) is 1. The number of benzene rings is 1. The number of rotatable bonds is 6. The minimum absolute atomic E-state index is 0.373. The van der Waals surface area contributed by atoms with E-state index in [1.54, 1.807) is 24.3 Å². The molecule has 0 bridgehead atoms. The lowest BCUT2D eigenvalue weighted by Gasteiger charge is -2.26. The summed E-state index contributed by atoms with van der Waals surface area (Å²) in [5.74, 6) is 1.90. The fourth-order valence-corrected chi connectivity index (χ4v) is 3.14. The molecule has 0 spiro atoms. The summed E-state index contributed by atoms with van der Waals surface area (Å²) in [6.45, 7) is 2.85. The number of ether oxygens (including phenoxy) is 3. The Hall–Kier alpha value is -2.52. The maximum atomic E-state index is 12.3. The Morgan fingerprint density at radius 3 is 2.48 bits per heavy atom. The van der Waals surface area contributed by atoms with Gasteiger partial charge in [-0.2, -0.15) is 5.10 Å². The van der Waals surface area contributed by atoms with Crippen molar-refractivity contribution in [3.05, 3.63) is 40.1 Å². The quantitative estimate of drug-likeness (QED) is 0.552. The lowest BCUT2D eigenvalue weighted by molar-refractivity contribution is 0.0954. The fraction of sp³-hybridized carbons (Fsp3) is 0.333. The first-order valence-electron chi connectivity index (χ1n) is 8.29. The summed E-state index contributed by atoms with van der Waals surface area (Å²) in [5, 5.41) is 3.96. The summed E-state index contributed by atoms with van der Waals surface area (Å²) in [7, 11) is 3.05. The summed E-state index contributed by atoms with van der Waals surface area (Å²) >= 11 is 3.49. The van der Waals surface area contributed by atoms with Crippen molar-refractivity contribution in [2.24, 2.45) is 5.10 Å². The van der Waals surface area contributed by atoms with Gasteiger partial charge in [0.25, 0.3) is 5.91 Å². The Morgan fingerprint density at radius 1 is 1.19 bits per heavy atom. The monoisotopic (exact) mass is 437 g/mol. The molecule has 8 nitrogen and oxygen atoms in total. The zero-order chi connectivity index (χ0) is 19.2. The van der Waals surface area contributed by atoms with Crippen LogP contribution in [0.4, 0.5) is 5.88 Å². The van der Waals surface area contributed by atoms with Gasteiger partial charge in [0.15, 0.2) is 5.76 Å². The van der Waals surface area contributed by atoms with Crippen LogP contribution in [0.3, 0.4) is 0 Å². The zero-order valence-corrected chi connectivity index (χ0v) is 16.6. The maximum absolute atomic E-state index is 12.3. The van der Waals surface area contributed by atoms with E-state index >= 15 is 0 Å². The molecule has 0 aliphatic carbocycles. The normalized spacial score (nSPS) is 14.4. The van der Waals surface area contributed by atoms with Crippen molar-refractivity contribution in [3.8, 4) is 11.5 Å². The number of morpholine rings is 1. The highest BCUT2D eigenvalue weighted by Gasteiger charge is 2.18. The predicted molar refractivity (Wildman–Crippen MR) is 104 cm³/mol. The Labute approximate surface area is 165 Å². The molecule has 1 saturated heterocycles. The second-order valence-electron chi connectivity index (χ2n) is 5.70. The number of nitrogens with one attached hydrogen (secondary N) is 1. The molecule has 0 radical (unpaired) electrons. The molecule has 27 heavy (non-hydrogen) atoms. The van der Waals surface area contributed by atoms with Crippen molar-refractivity contribution in [2.75, 3.05) is 45.4 Å². The third-order valence-electron chi connectivity index (χ3n) is 3.96. The van der Waals surface area contributed by atoms with Gasteiger partial charge in [-0.1, -0.05) is 0 Å². The van der Waals surface area contributed by atoms with E-state index in [-0.39, 0.29) is 5.91 Å². The number of nitrogens with zero attached hydrogens (tertiary/aromatic N) is 2. The molecule has 1 aliphatic heterocycles. The van der Waals surface area contributed by atoms with E-state index < -0.39 is 0 Å². The smallest absolute Gasteiger partial charge is 0.271 e. The molecular weight excluding hydrogens is 418 g/mol. The van der Waals surface area contributed by atoms with Crippen LogP contribution in [-0.2, 0) is 4.74 Å². The number of anilines is 1. The molecule has 1 fully saturated rings. The van der Waals surface area contributed by atoms with Crippen molar-refractivity contribution in [3.63, 3.8) is 0 Å². The van der Waals surface area contributed by atoms with E-state index in [1.165, 1.54) is 20.4 Å². The molecule has 9 heteroatoms. The van der Waals surface area contributed by atoms with Crippen LogP contribution in [-0.4, -0.2) is 52.6 Å². The summed E-state index contributed by atoms with van der Waals surface area (Å²) in [6, 6.07) is 6.70. The van der Waals surface area contributed by atoms with E-state index in [2.05, 4.69) is 31.4 Å². The van der Waals surface area contributed by atoms with Crippen LogP contribution < -0.4 is 19.8 Å². The highest BCUT2D eigenvalue weighted by Crippen LogP contribution is 2.30. The Morgan fingerprint density at radius 2 is 1.85 bits per heavy atom. The number of hydrogen-bond acceptors (Lipinski definition) is 7. The van der Waals surface area contributed by atoms with E-state index in [0.717, 1.165) is 23.4 Å². The van der Waals surface area contributed by atoms with Gasteiger partial charge < -0.3 is 23.5 Å². The van der Waals surface area contributed by atoms with E-state index in [1.807, 2.05) is 0 Å². The van der Waals surface area contributed by atoms with Gasteiger partial charge in [-0.15, -0.1) is 0 Å². The van der Waals surface area contributed by atoms with Gasteiger partial charge in [0.05, 0.1) is 38.1 Å². The molecule has 0 atom stereocenters.